The summed E-state index contributed by atoms with van der Waals surface area (Å²) in [6, 6.07) is 2.47. The van der Waals surface area contributed by atoms with Gasteiger partial charge in [0.15, 0.2) is 0 Å². The minimum absolute atomic E-state index is 0.586. The van der Waals surface area contributed by atoms with Crippen LogP contribution in [-0.4, -0.2) is 25.8 Å². The van der Waals surface area contributed by atoms with Crippen LogP contribution in [0.15, 0.2) is 18.5 Å². The van der Waals surface area contributed by atoms with E-state index in [1.54, 1.807) is 10.9 Å². The van der Waals surface area contributed by atoms with Crippen molar-refractivity contribution in [1.82, 2.24) is 19.7 Å². The third-order valence-electron chi connectivity index (χ3n) is 2.95. The maximum Gasteiger partial charge on any atom is 0.230 e. The molecule has 1 fully saturated rings. The molecule has 1 aliphatic carbocycles. The first-order chi connectivity index (χ1) is 8.72. The number of aromatic nitrogens is 4. The van der Waals surface area contributed by atoms with Crippen LogP contribution in [0.3, 0.4) is 0 Å². The molecule has 2 heterocycles. The maximum absolute atomic E-state index is 4.49. The van der Waals surface area contributed by atoms with Gasteiger partial charge in [-0.1, -0.05) is 0 Å². The van der Waals surface area contributed by atoms with Gasteiger partial charge in [0.2, 0.25) is 5.95 Å². The van der Waals surface area contributed by atoms with E-state index >= 15 is 0 Å². The zero-order valence-corrected chi connectivity index (χ0v) is 10.5. The first kappa shape index (κ1) is 11.0. The average molecular weight is 244 g/mol. The highest BCUT2D eigenvalue weighted by atomic mass is 15.3. The van der Waals surface area contributed by atoms with E-state index in [-0.39, 0.29) is 0 Å². The Labute approximate surface area is 105 Å². The van der Waals surface area contributed by atoms with Crippen LogP contribution in [0, 0.1) is 6.92 Å². The highest BCUT2D eigenvalue weighted by Crippen LogP contribution is 2.25. The van der Waals surface area contributed by atoms with Gasteiger partial charge in [-0.25, -0.2) is 4.98 Å². The highest BCUT2D eigenvalue weighted by molar-refractivity contribution is 5.53. The number of aryl methyl sites for hydroxylation is 2. The molecule has 0 aliphatic heterocycles. The number of hydrogen-bond acceptors (Lipinski definition) is 5. The van der Waals surface area contributed by atoms with Crippen molar-refractivity contribution < 1.29 is 0 Å². The molecule has 6 nitrogen and oxygen atoms in total. The van der Waals surface area contributed by atoms with E-state index in [0.717, 1.165) is 17.2 Å². The lowest BCUT2D eigenvalue weighted by atomic mass is 10.3. The van der Waals surface area contributed by atoms with E-state index in [0.29, 0.717) is 12.0 Å². The molecule has 1 saturated carbocycles. The van der Waals surface area contributed by atoms with E-state index in [1.165, 1.54) is 12.8 Å². The molecule has 2 aromatic rings. The molecule has 0 bridgehead atoms. The molecule has 3 rings (SSSR count). The first-order valence-corrected chi connectivity index (χ1v) is 6.07. The van der Waals surface area contributed by atoms with Crippen LogP contribution in [0.1, 0.15) is 18.4 Å². The Hall–Kier alpha value is -2.11. The molecule has 0 saturated heterocycles. The molecular weight excluding hydrogens is 228 g/mol. The van der Waals surface area contributed by atoms with Gasteiger partial charge in [-0.3, -0.25) is 4.68 Å². The third-order valence-corrected chi connectivity index (χ3v) is 2.95. The summed E-state index contributed by atoms with van der Waals surface area (Å²) < 4.78 is 1.75. The Morgan fingerprint density at radius 1 is 1.39 bits per heavy atom. The number of rotatable bonds is 4. The zero-order valence-electron chi connectivity index (χ0n) is 10.5. The Kier molecular flexibility index (Phi) is 2.62. The predicted octanol–water partition coefficient (Wildman–Crippen LogP) is 1.84. The van der Waals surface area contributed by atoms with Crippen LogP contribution in [0.5, 0.6) is 0 Å². The zero-order chi connectivity index (χ0) is 12.5. The van der Waals surface area contributed by atoms with Gasteiger partial charge >= 0.3 is 0 Å². The van der Waals surface area contributed by atoms with Crippen molar-refractivity contribution >= 4 is 17.6 Å². The van der Waals surface area contributed by atoms with Crippen molar-refractivity contribution in [2.45, 2.75) is 25.8 Å². The lowest BCUT2D eigenvalue weighted by Gasteiger charge is -2.10. The van der Waals surface area contributed by atoms with E-state index in [9.17, 15) is 0 Å². The minimum atomic E-state index is 0.586. The van der Waals surface area contributed by atoms with Gasteiger partial charge in [-0.15, -0.1) is 0 Å². The predicted molar refractivity (Wildman–Crippen MR) is 69.9 cm³/mol. The molecule has 1 aliphatic rings. The van der Waals surface area contributed by atoms with E-state index in [1.807, 2.05) is 26.2 Å². The summed E-state index contributed by atoms with van der Waals surface area (Å²) in [5.41, 5.74) is 1.07. The molecule has 0 atom stereocenters. The molecule has 2 aromatic heterocycles. The smallest absolute Gasteiger partial charge is 0.230 e. The van der Waals surface area contributed by atoms with Gasteiger partial charge in [0.1, 0.15) is 11.6 Å². The quantitative estimate of drug-likeness (QED) is 0.859. The van der Waals surface area contributed by atoms with Crippen LogP contribution >= 0.6 is 0 Å². The molecular formula is C12H16N6. The third kappa shape index (κ3) is 2.27. The van der Waals surface area contributed by atoms with E-state index in [4.69, 9.17) is 0 Å². The van der Waals surface area contributed by atoms with Gasteiger partial charge in [-0.05, 0) is 19.8 Å². The fourth-order valence-corrected chi connectivity index (χ4v) is 1.68. The molecule has 0 aromatic carbocycles. The summed E-state index contributed by atoms with van der Waals surface area (Å²) in [4.78, 5) is 8.77. The lowest BCUT2D eigenvalue weighted by molar-refractivity contribution is 0.775. The van der Waals surface area contributed by atoms with Crippen molar-refractivity contribution in [3.8, 4) is 0 Å². The van der Waals surface area contributed by atoms with Crippen molar-refractivity contribution in [3.63, 3.8) is 0 Å². The standard InChI is InChI=1S/C12H16N6/c1-8-7-13-12(16-10-5-6-14-18(10)2)17-11(8)15-9-3-4-9/h5-7,9H,3-4H2,1-2H3,(H2,13,15,16,17). The number of nitrogens with one attached hydrogen (secondary N) is 2. The Morgan fingerprint density at radius 2 is 2.22 bits per heavy atom. The van der Waals surface area contributed by atoms with Gasteiger partial charge in [0.25, 0.3) is 0 Å². The monoisotopic (exact) mass is 244 g/mol. The molecule has 0 amide bonds. The topological polar surface area (TPSA) is 67.7 Å². The van der Waals surface area contributed by atoms with E-state index < -0.39 is 0 Å². The van der Waals surface area contributed by atoms with Gasteiger partial charge in [-0.2, -0.15) is 10.1 Å². The number of anilines is 3. The molecule has 0 unspecified atom stereocenters. The van der Waals surface area contributed by atoms with Crippen molar-refractivity contribution in [3.05, 3.63) is 24.0 Å². The van der Waals surface area contributed by atoms with Crippen LogP contribution in [0.2, 0.25) is 0 Å². The first-order valence-electron chi connectivity index (χ1n) is 6.07. The Bertz CT molecular complexity index is 557. The van der Waals surface area contributed by atoms with Gasteiger partial charge < -0.3 is 10.6 Å². The summed E-state index contributed by atoms with van der Waals surface area (Å²) >= 11 is 0. The van der Waals surface area contributed by atoms with Gasteiger partial charge in [0, 0.05) is 30.9 Å². The molecule has 0 spiro atoms. The molecule has 2 N–H and O–H groups in total. The van der Waals surface area contributed by atoms with Crippen molar-refractivity contribution in [2.24, 2.45) is 7.05 Å². The van der Waals surface area contributed by atoms with E-state index in [2.05, 4.69) is 25.7 Å². The lowest BCUT2D eigenvalue weighted by Crippen LogP contribution is -2.08. The second-order valence-electron chi connectivity index (χ2n) is 4.61. The maximum atomic E-state index is 4.49. The van der Waals surface area contributed by atoms with Crippen LogP contribution in [-0.2, 0) is 7.05 Å². The SMILES string of the molecule is Cc1cnc(Nc2ccnn2C)nc1NC1CC1. The number of hydrogen-bond donors (Lipinski definition) is 2. The minimum Gasteiger partial charge on any atom is -0.367 e. The van der Waals surface area contributed by atoms with Crippen molar-refractivity contribution in [2.75, 3.05) is 10.6 Å². The van der Waals surface area contributed by atoms with Crippen LogP contribution in [0.4, 0.5) is 17.6 Å². The Balaban J connectivity index is 1.81. The largest absolute Gasteiger partial charge is 0.367 e. The fourth-order valence-electron chi connectivity index (χ4n) is 1.68. The van der Waals surface area contributed by atoms with Gasteiger partial charge in [0.05, 0.1) is 6.20 Å². The summed E-state index contributed by atoms with van der Waals surface area (Å²) in [7, 11) is 1.87. The second-order valence-corrected chi connectivity index (χ2v) is 4.61. The molecule has 0 radical (unpaired) electrons. The van der Waals surface area contributed by atoms with Crippen LogP contribution in [0.25, 0.3) is 0 Å². The Morgan fingerprint density at radius 3 is 2.89 bits per heavy atom. The summed E-state index contributed by atoms with van der Waals surface area (Å²) in [5.74, 6) is 2.38. The normalized spacial score (nSPS) is 14.6. The molecule has 6 heteroatoms. The summed E-state index contributed by atoms with van der Waals surface area (Å²) in [5, 5.41) is 10.7. The molecule has 18 heavy (non-hydrogen) atoms. The molecule has 94 valence electrons. The van der Waals surface area contributed by atoms with Crippen LogP contribution < -0.4 is 10.6 Å². The fraction of sp³-hybridized carbons (Fsp3) is 0.417. The number of nitrogens with zero attached hydrogens (tertiary/aromatic N) is 4. The summed E-state index contributed by atoms with van der Waals surface area (Å²) in [6.45, 7) is 2.01. The average Bonchev–Trinajstić information content (AvgIpc) is 3.08. The summed E-state index contributed by atoms with van der Waals surface area (Å²) in [6.07, 6.45) is 6.03. The van der Waals surface area contributed by atoms with Crippen molar-refractivity contribution in [1.29, 1.82) is 0 Å². The highest BCUT2D eigenvalue weighted by Gasteiger charge is 2.22. The second kappa shape index (κ2) is 4.29.